The van der Waals surface area contributed by atoms with Gasteiger partial charge in [-0.25, -0.2) is 0 Å². The lowest BCUT2D eigenvalue weighted by Crippen LogP contribution is -2.19. The third-order valence-electron chi connectivity index (χ3n) is 1.06. The van der Waals surface area contributed by atoms with Crippen LogP contribution in [-0.4, -0.2) is 36.1 Å². The summed E-state index contributed by atoms with van der Waals surface area (Å²) in [4.78, 5) is 0. The van der Waals surface area contributed by atoms with Gasteiger partial charge in [-0.1, -0.05) is 13.3 Å². The number of aliphatic hydroxyl groups is 2. The molecule has 0 aromatic heterocycles. The Kier molecular flexibility index (Phi) is 6.91. The van der Waals surface area contributed by atoms with Gasteiger partial charge in [0.25, 0.3) is 0 Å². The molecule has 0 aliphatic rings. The van der Waals surface area contributed by atoms with E-state index in [0.717, 1.165) is 12.8 Å². The molecular formula is C7H15O3. The van der Waals surface area contributed by atoms with Crippen LogP contribution < -0.4 is 0 Å². The summed E-state index contributed by atoms with van der Waals surface area (Å²) in [6.45, 7) is 4.23. The summed E-state index contributed by atoms with van der Waals surface area (Å²) in [5, 5.41) is 17.1. The van der Waals surface area contributed by atoms with Crippen molar-refractivity contribution in [2.75, 3.05) is 19.8 Å². The molecule has 3 nitrogen and oxygen atoms in total. The van der Waals surface area contributed by atoms with Crippen molar-refractivity contribution in [3.05, 3.63) is 6.92 Å². The van der Waals surface area contributed by atoms with E-state index in [1.807, 2.05) is 0 Å². The molecule has 3 heteroatoms. The van der Waals surface area contributed by atoms with E-state index in [1.54, 1.807) is 0 Å². The van der Waals surface area contributed by atoms with Gasteiger partial charge in [0.1, 0.15) is 6.10 Å². The van der Waals surface area contributed by atoms with Gasteiger partial charge >= 0.3 is 0 Å². The second-order valence-corrected chi connectivity index (χ2v) is 2.12. The van der Waals surface area contributed by atoms with Gasteiger partial charge in [-0.05, 0) is 6.42 Å². The van der Waals surface area contributed by atoms with Crippen molar-refractivity contribution < 1.29 is 14.9 Å². The van der Waals surface area contributed by atoms with E-state index >= 15 is 0 Å². The predicted octanol–water partition coefficient (Wildman–Crippen LogP) is -0.0295. The highest BCUT2D eigenvalue weighted by atomic mass is 16.5. The van der Waals surface area contributed by atoms with Gasteiger partial charge in [-0.3, -0.25) is 0 Å². The van der Waals surface area contributed by atoms with E-state index < -0.39 is 6.10 Å². The van der Waals surface area contributed by atoms with Gasteiger partial charge in [0.2, 0.25) is 0 Å². The van der Waals surface area contributed by atoms with Crippen LogP contribution in [0.1, 0.15) is 12.8 Å². The third-order valence-corrected chi connectivity index (χ3v) is 1.06. The first-order valence-electron chi connectivity index (χ1n) is 3.47. The Bertz CT molecular complexity index is 65.9. The minimum atomic E-state index is -0.732. The molecule has 1 atom stereocenters. The third kappa shape index (κ3) is 6.01. The summed E-state index contributed by atoms with van der Waals surface area (Å²) in [5.74, 6) is 0. The summed E-state index contributed by atoms with van der Waals surface area (Å²) in [6, 6.07) is 0. The fourth-order valence-corrected chi connectivity index (χ4v) is 0.476. The van der Waals surface area contributed by atoms with Gasteiger partial charge in [-0.15, -0.1) is 0 Å². The highest BCUT2D eigenvalue weighted by molar-refractivity contribution is 4.48. The molecule has 0 rings (SSSR count). The number of ether oxygens (including phenoxy) is 1. The number of hydrogen-bond donors (Lipinski definition) is 2. The molecule has 0 heterocycles. The highest BCUT2D eigenvalue weighted by Gasteiger charge is 1.99. The Morgan fingerprint density at radius 2 is 2.20 bits per heavy atom. The first kappa shape index (κ1) is 9.88. The first-order chi connectivity index (χ1) is 4.81. The molecule has 0 aliphatic carbocycles. The Labute approximate surface area is 61.6 Å². The van der Waals surface area contributed by atoms with Crippen LogP contribution in [0.4, 0.5) is 0 Å². The van der Waals surface area contributed by atoms with E-state index in [0.29, 0.717) is 6.61 Å². The molecule has 1 radical (unpaired) electrons. The standard InChI is InChI=1S/C7H15O3/c1-2-3-4-10-6-7(9)5-8/h7-9H,1-6H2. The maximum atomic E-state index is 8.77. The second-order valence-electron chi connectivity index (χ2n) is 2.12. The SMILES string of the molecule is [CH2]CCCOCC(O)CO. The van der Waals surface area contributed by atoms with Crippen LogP contribution in [0.15, 0.2) is 0 Å². The molecule has 0 bridgehead atoms. The molecule has 2 N–H and O–H groups in total. The quantitative estimate of drug-likeness (QED) is 0.519. The van der Waals surface area contributed by atoms with Crippen molar-refractivity contribution >= 4 is 0 Å². The zero-order chi connectivity index (χ0) is 7.82. The molecule has 0 spiro atoms. The van der Waals surface area contributed by atoms with Crippen LogP contribution in [0.25, 0.3) is 0 Å². The van der Waals surface area contributed by atoms with Crippen LogP contribution in [0.5, 0.6) is 0 Å². The van der Waals surface area contributed by atoms with E-state index in [1.165, 1.54) is 0 Å². The lowest BCUT2D eigenvalue weighted by Gasteiger charge is -2.06. The Morgan fingerprint density at radius 1 is 1.50 bits per heavy atom. The van der Waals surface area contributed by atoms with Crippen LogP contribution in [0.2, 0.25) is 0 Å². The van der Waals surface area contributed by atoms with E-state index in [9.17, 15) is 0 Å². The van der Waals surface area contributed by atoms with Gasteiger partial charge < -0.3 is 14.9 Å². The summed E-state index contributed by atoms with van der Waals surface area (Å²) in [6.07, 6.45) is 1.01. The molecule has 0 aromatic carbocycles. The van der Waals surface area contributed by atoms with E-state index in [2.05, 4.69) is 6.92 Å². The summed E-state index contributed by atoms with van der Waals surface area (Å²) in [5.41, 5.74) is 0. The number of unbranched alkanes of at least 4 members (excludes halogenated alkanes) is 1. The molecule has 0 amide bonds. The molecule has 0 aliphatic heterocycles. The monoisotopic (exact) mass is 147 g/mol. The van der Waals surface area contributed by atoms with E-state index in [4.69, 9.17) is 14.9 Å². The highest BCUT2D eigenvalue weighted by Crippen LogP contribution is 1.89. The van der Waals surface area contributed by atoms with Crippen molar-refractivity contribution in [2.24, 2.45) is 0 Å². The van der Waals surface area contributed by atoms with E-state index in [-0.39, 0.29) is 13.2 Å². The molecule has 1 unspecified atom stereocenters. The fraction of sp³-hybridized carbons (Fsp3) is 0.857. The topological polar surface area (TPSA) is 49.7 Å². The Morgan fingerprint density at radius 3 is 2.70 bits per heavy atom. The largest absolute Gasteiger partial charge is 0.394 e. The number of aliphatic hydroxyl groups excluding tert-OH is 2. The van der Waals surface area contributed by atoms with Crippen molar-refractivity contribution in [1.29, 1.82) is 0 Å². The summed E-state index contributed by atoms with van der Waals surface area (Å²) in [7, 11) is 0. The zero-order valence-corrected chi connectivity index (χ0v) is 6.12. The predicted molar refractivity (Wildman–Crippen MR) is 38.5 cm³/mol. The molecular weight excluding hydrogens is 132 g/mol. The minimum absolute atomic E-state index is 0.219. The van der Waals surface area contributed by atoms with Gasteiger partial charge in [0.05, 0.1) is 13.2 Å². The Hall–Kier alpha value is -0.120. The average Bonchev–Trinajstić information content (AvgIpc) is 1.98. The average molecular weight is 147 g/mol. The maximum absolute atomic E-state index is 8.77. The van der Waals surface area contributed by atoms with Crippen LogP contribution >= 0.6 is 0 Å². The van der Waals surface area contributed by atoms with Crippen molar-refractivity contribution in [2.45, 2.75) is 18.9 Å². The number of hydrogen-bond acceptors (Lipinski definition) is 3. The number of rotatable bonds is 6. The summed E-state index contributed by atoms with van der Waals surface area (Å²) < 4.78 is 4.98. The molecule has 0 fully saturated rings. The van der Waals surface area contributed by atoms with Crippen LogP contribution in [0, 0.1) is 6.92 Å². The molecule has 0 aromatic rings. The second kappa shape index (κ2) is 6.99. The van der Waals surface area contributed by atoms with Crippen molar-refractivity contribution in [3.63, 3.8) is 0 Å². The molecule has 61 valence electrons. The van der Waals surface area contributed by atoms with Crippen LogP contribution in [0.3, 0.4) is 0 Å². The normalized spacial score (nSPS) is 13.5. The maximum Gasteiger partial charge on any atom is 0.100 e. The Balaban J connectivity index is 2.89. The lowest BCUT2D eigenvalue weighted by atomic mass is 10.3. The fourth-order valence-electron chi connectivity index (χ4n) is 0.476. The van der Waals surface area contributed by atoms with Crippen molar-refractivity contribution in [3.8, 4) is 0 Å². The molecule has 0 saturated heterocycles. The molecule has 10 heavy (non-hydrogen) atoms. The van der Waals surface area contributed by atoms with Gasteiger partial charge in [0, 0.05) is 6.61 Å². The van der Waals surface area contributed by atoms with Crippen molar-refractivity contribution in [1.82, 2.24) is 0 Å². The molecule has 0 saturated carbocycles. The van der Waals surface area contributed by atoms with Gasteiger partial charge in [-0.2, -0.15) is 0 Å². The minimum Gasteiger partial charge on any atom is -0.394 e. The van der Waals surface area contributed by atoms with Crippen LogP contribution in [-0.2, 0) is 4.74 Å². The zero-order valence-electron chi connectivity index (χ0n) is 6.12. The lowest BCUT2D eigenvalue weighted by molar-refractivity contribution is 0.00583. The summed E-state index contributed by atoms with van der Waals surface area (Å²) >= 11 is 0. The van der Waals surface area contributed by atoms with Gasteiger partial charge in [0.15, 0.2) is 0 Å². The smallest absolute Gasteiger partial charge is 0.100 e. The first-order valence-corrected chi connectivity index (χ1v) is 3.47.